The molecule has 0 radical (unpaired) electrons. The van der Waals surface area contributed by atoms with Crippen molar-refractivity contribution in [3.63, 3.8) is 0 Å². The van der Waals surface area contributed by atoms with Crippen LogP contribution in [0.3, 0.4) is 0 Å². The number of nitro groups is 1. The number of hydrogen-bond donors (Lipinski definition) is 1. The number of amides is 3. The van der Waals surface area contributed by atoms with Crippen LogP contribution in [0.5, 0.6) is 5.75 Å². The second kappa shape index (κ2) is 10.7. The van der Waals surface area contributed by atoms with Gasteiger partial charge in [-0.3, -0.25) is 29.4 Å². The number of nitrogens with one attached hydrogen (secondary N) is 1. The molecule has 0 unspecified atom stereocenters. The molecule has 1 heterocycles. The highest BCUT2D eigenvalue weighted by atomic mass is 32.2. The topological polar surface area (TPSA) is 119 Å². The summed E-state index contributed by atoms with van der Waals surface area (Å²) in [5.41, 5.74) is 1.98. The van der Waals surface area contributed by atoms with Crippen molar-refractivity contribution in [3.8, 4) is 5.75 Å². The van der Waals surface area contributed by atoms with Crippen LogP contribution in [0.2, 0.25) is 0 Å². The third kappa shape index (κ3) is 6.12. The Bertz CT molecular complexity index is 1310. The SMILES string of the molecule is O=C(CN1C(=O)S/C(=C/c2cccc(OCc3ccc([N+](=O)[O-])cc3)c2)C1=O)Nc1ccccc1. The minimum absolute atomic E-state index is 0.00207. The van der Waals surface area contributed by atoms with Crippen LogP contribution in [0.1, 0.15) is 11.1 Å². The van der Waals surface area contributed by atoms with Crippen molar-refractivity contribution in [2.24, 2.45) is 0 Å². The van der Waals surface area contributed by atoms with Gasteiger partial charge in [0, 0.05) is 17.8 Å². The second-order valence-corrected chi connectivity index (χ2v) is 8.46. The number of para-hydroxylation sites is 1. The van der Waals surface area contributed by atoms with E-state index >= 15 is 0 Å². The molecule has 1 aliphatic heterocycles. The molecule has 0 saturated carbocycles. The van der Waals surface area contributed by atoms with E-state index in [4.69, 9.17) is 4.74 Å². The minimum Gasteiger partial charge on any atom is -0.489 e. The van der Waals surface area contributed by atoms with Crippen LogP contribution in [-0.2, 0) is 16.2 Å². The lowest BCUT2D eigenvalue weighted by Gasteiger charge is -2.12. The molecule has 1 N–H and O–H groups in total. The molecular formula is C25H19N3O6S. The molecule has 9 nitrogen and oxygen atoms in total. The van der Waals surface area contributed by atoms with Gasteiger partial charge < -0.3 is 10.1 Å². The molecule has 3 amide bonds. The van der Waals surface area contributed by atoms with Gasteiger partial charge in [-0.25, -0.2) is 0 Å². The number of imide groups is 1. The van der Waals surface area contributed by atoms with Crippen LogP contribution in [0, 0.1) is 10.1 Å². The van der Waals surface area contributed by atoms with Crippen LogP contribution >= 0.6 is 11.8 Å². The van der Waals surface area contributed by atoms with Gasteiger partial charge in [-0.1, -0.05) is 30.3 Å². The number of nitrogens with zero attached hydrogens (tertiary/aromatic N) is 2. The van der Waals surface area contributed by atoms with Gasteiger partial charge in [-0.2, -0.15) is 0 Å². The number of anilines is 1. The maximum atomic E-state index is 12.7. The third-order valence-corrected chi connectivity index (χ3v) is 5.85. The van der Waals surface area contributed by atoms with Crippen LogP contribution in [0.25, 0.3) is 6.08 Å². The zero-order chi connectivity index (χ0) is 24.8. The summed E-state index contributed by atoms with van der Waals surface area (Å²) in [5, 5.41) is 12.9. The van der Waals surface area contributed by atoms with Crippen molar-refractivity contribution in [1.29, 1.82) is 0 Å². The lowest BCUT2D eigenvalue weighted by atomic mass is 10.2. The van der Waals surface area contributed by atoms with Gasteiger partial charge in [0.15, 0.2) is 0 Å². The van der Waals surface area contributed by atoms with E-state index in [0.717, 1.165) is 22.2 Å². The fourth-order valence-electron chi connectivity index (χ4n) is 3.23. The van der Waals surface area contributed by atoms with Crippen molar-refractivity contribution in [3.05, 3.63) is 105 Å². The molecule has 1 fully saturated rings. The van der Waals surface area contributed by atoms with Gasteiger partial charge in [0.1, 0.15) is 18.9 Å². The molecule has 10 heteroatoms. The van der Waals surface area contributed by atoms with Crippen LogP contribution in [-0.4, -0.2) is 33.4 Å². The quantitative estimate of drug-likeness (QED) is 0.273. The van der Waals surface area contributed by atoms with E-state index in [1.807, 2.05) is 6.07 Å². The zero-order valence-electron chi connectivity index (χ0n) is 18.2. The van der Waals surface area contributed by atoms with Gasteiger partial charge in [0.25, 0.3) is 16.8 Å². The average molecular weight is 490 g/mol. The molecule has 0 aliphatic carbocycles. The lowest BCUT2D eigenvalue weighted by molar-refractivity contribution is -0.384. The van der Waals surface area contributed by atoms with Crippen molar-refractivity contribution in [2.45, 2.75) is 6.61 Å². The Morgan fingerprint density at radius 2 is 1.77 bits per heavy atom. The number of non-ortho nitro benzene ring substituents is 1. The Labute approximate surface area is 204 Å². The van der Waals surface area contributed by atoms with E-state index in [2.05, 4.69) is 5.32 Å². The maximum Gasteiger partial charge on any atom is 0.294 e. The Morgan fingerprint density at radius 1 is 1.03 bits per heavy atom. The number of carbonyl (C=O) groups is 3. The van der Waals surface area contributed by atoms with Crippen molar-refractivity contribution in [1.82, 2.24) is 4.90 Å². The standard InChI is InChI=1S/C25H19N3O6S/c29-23(26-19-6-2-1-3-7-19)15-27-24(30)22(35-25(27)31)14-18-5-4-8-21(13-18)34-16-17-9-11-20(12-10-17)28(32)33/h1-14H,15-16H2,(H,26,29)/b22-14+. The molecule has 0 atom stereocenters. The summed E-state index contributed by atoms with van der Waals surface area (Å²) in [6.07, 6.45) is 1.57. The Morgan fingerprint density at radius 3 is 2.49 bits per heavy atom. The van der Waals surface area contributed by atoms with Gasteiger partial charge in [0.05, 0.1) is 9.83 Å². The first-order valence-corrected chi connectivity index (χ1v) is 11.3. The van der Waals surface area contributed by atoms with Crippen molar-refractivity contribution >= 4 is 46.3 Å². The third-order valence-electron chi connectivity index (χ3n) is 4.94. The number of thioether (sulfide) groups is 1. The molecule has 176 valence electrons. The largest absolute Gasteiger partial charge is 0.489 e. The van der Waals surface area contributed by atoms with Crippen molar-refractivity contribution < 1.29 is 24.0 Å². The highest BCUT2D eigenvalue weighted by Crippen LogP contribution is 2.32. The van der Waals surface area contributed by atoms with Crippen LogP contribution in [0.15, 0.2) is 83.8 Å². The number of rotatable bonds is 8. The van der Waals surface area contributed by atoms with E-state index in [1.165, 1.54) is 12.1 Å². The van der Waals surface area contributed by atoms with Crippen LogP contribution < -0.4 is 10.1 Å². The predicted molar refractivity (Wildman–Crippen MR) is 132 cm³/mol. The normalized spacial score (nSPS) is 14.3. The fourth-order valence-corrected chi connectivity index (χ4v) is 4.07. The number of nitro benzene ring substituents is 1. The monoisotopic (exact) mass is 489 g/mol. The molecule has 0 aromatic heterocycles. The molecule has 3 aromatic carbocycles. The van der Waals surface area contributed by atoms with E-state index in [9.17, 15) is 24.5 Å². The summed E-state index contributed by atoms with van der Waals surface area (Å²) in [7, 11) is 0. The van der Waals surface area contributed by atoms with E-state index in [-0.39, 0.29) is 23.7 Å². The maximum absolute atomic E-state index is 12.7. The number of ether oxygens (including phenoxy) is 1. The van der Waals surface area contributed by atoms with Crippen molar-refractivity contribution in [2.75, 3.05) is 11.9 Å². The molecule has 1 aliphatic rings. The zero-order valence-corrected chi connectivity index (χ0v) is 19.1. The second-order valence-electron chi connectivity index (χ2n) is 7.47. The van der Waals surface area contributed by atoms with E-state index < -0.39 is 22.0 Å². The molecule has 4 rings (SSSR count). The summed E-state index contributed by atoms with van der Waals surface area (Å²) in [6, 6.07) is 21.8. The van der Waals surface area contributed by atoms with Gasteiger partial charge in [-0.15, -0.1) is 0 Å². The van der Waals surface area contributed by atoms with E-state index in [0.29, 0.717) is 17.0 Å². The Kier molecular flexibility index (Phi) is 7.22. The fraction of sp³-hybridized carbons (Fsp3) is 0.0800. The highest BCUT2D eigenvalue weighted by Gasteiger charge is 2.36. The summed E-state index contributed by atoms with van der Waals surface area (Å²) in [6.45, 7) is -0.177. The van der Waals surface area contributed by atoms with Gasteiger partial charge >= 0.3 is 0 Å². The first kappa shape index (κ1) is 23.7. The van der Waals surface area contributed by atoms with Crippen LogP contribution in [0.4, 0.5) is 16.2 Å². The molecule has 0 bridgehead atoms. The smallest absolute Gasteiger partial charge is 0.294 e. The van der Waals surface area contributed by atoms with Gasteiger partial charge in [-0.05, 0) is 65.4 Å². The summed E-state index contributed by atoms with van der Waals surface area (Å²) >= 11 is 0.767. The van der Waals surface area contributed by atoms with E-state index in [1.54, 1.807) is 66.7 Å². The Balaban J connectivity index is 1.38. The van der Waals surface area contributed by atoms with Gasteiger partial charge in [0.2, 0.25) is 5.91 Å². The number of hydrogen-bond acceptors (Lipinski definition) is 7. The molecular weight excluding hydrogens is 470 g/mol. The molecule has 1 saturated heterocycles. The highest BCUT2D eigenvalue weighted by molar-refractivity contribution is 8.18. The molecule has 35 heavy (non-hydrogen) atoms. The summed E-state index contributed by atoms with van der Waals surface area (Å²) < 4.78 is 5.75. The molecule has 3 aromatic rings. The number of carbonyl (C=O) groups excluding carboxylic acids is 3. The predicted octanol–water partition coefficient (Wildman–Crippen LogP) is 4.85. The first-order valence-electron chi connectivity index (χ1n) is 10.5. The summed E-state index contributed by atoms with van der Waals surface area (Å²) in [4.78, 5) is 48.8. The molecule has 0 spiro atoms. The lowest BCUT2D eigenvalue weighted by Crippen LogP contribution is -2.36. The average Bonchev–Trinajstić information content (AvgIpc) is 3.11. The first-order chi connectivity index (χ1) is 16.9. The number of benzene rings is 3. The summed E-state index contributed by atoms with van der Waals surface area (Å²) in [5.74, 6) is -0.486. The minimum atomic E-state index is -0.541. The Hall–Kier alpha value is -4.44.